The Morgan fingerprint density at radius 2 is 2.35 bits per heavy atom. The Morgan fingerprint density at radius 3 is 3.00 bits per heavy atom. The van der Waals surface area contributed by atoms with E-state index < -0.39 is 0 Å². The number of carbonyl (C=O) groups is 1. The topological polar surface area (TPSA) is 54.9 Å². The molecule has 0 radical (unpaired) electrons. The molecule has 2 aromatic rings. The molecule has 0 saturated heterocycles. The molecule has 0 aliphatic rings. The number of rotatable bonds is 3. The molecule has 88 valence electrons. The van der Waals surface area contributed by atoms with Gasteiger partial charge in [0.25, 0.3) is 5.91 Å². The molecule has 0 saturated carbocycles. The summed E-state index contributed by atoms with van der Waals surface area (Å²) in [7, 11) is 0. The summed E-state index contributed by atoms with van der Waals surface area (Å²) in [5.74, 6) is -0.464. The minimum absolute atomic E-state index is 0.220. The maximum atomic E-state index is 13.0. The highest BCUT2D eigenvalue weighted by Crippen LogP contribution is 2.09. The molecule has 1 amide bonds. The highest BCUT2D eigenvalue weighted by Gasteiger charge is 2.08. The fourth-order valence-electron chi connectivity index (χ4n) is 1.35. The normalized spacial score (nSPS) is 10.2. The number of carbonyl (C=O) groups excluding carboxylic acids is 1. The first-order chi connectivity index (χ1) is 8.16. The van der Waals surface area contributed by atoms with E-state index in [1.807, 2.05) is 0 Å². The highest BCUT2D eigenvalue weighted by molar-refractivity contribution is 7.07. The molecule has 1 aromatic heterocycles. The number of amides is 1. The fraction of sp³-hybridized carbons (Fsp3) is 0.182. The summed E-state index contributed by atoms with van der Waals surface area (Å²) in [4.78, 5) is 12.0. The van der Waals surface area contributed by atoms with Gasteiger partial charge < -0.3 is 5.32 Å². The molecule has 0 spiro atoms. The average Bonchev–Trinajstić information content (AvgIpc) is 2.84. The predicted molar refractivity (Wildman–Crippen MR) is 62.2 cm³/mol. The van der Waals surface area contributed by atoms with Gasteiger partial charge in [0.1, 0.15) is 10.7 Å². The number of benzene rings is 1. The molecule has 0 aliphatic heterocycles. The summed E-state index contributed by atoms with van der Waals surface area (Å²) in [5, 5.41) is 6.30. The number of halogens is 1. The van der Waals surface area contributed by atoms with Gasteiger partial charge in [0, 0.05) is 6.54 Å². The molecule has 1 heterocycles. The lowest BCUT2D eigenvalue weighted by molar-refractivity contribution is 0.0955. The van der Waals surface area contributed by atoms with Gasteiger partial charge in [-0.25, -0.2) is 4.39 Å². The lowest BCUT2D eigenvalue weighted by atomic mass is 10.1. The molecule has 1 aromatic carbocycles. The van der Waals surface area contributed by atoms with Crippen molar-refractivity contribution in [3.8, 4) is 0 Å². The van der Waals surface area contributed by atoms with E-state index in [0.717, 1.165) is 17.1 Å². The first-order valence-corrected chi connectivity index (χ1v) is 5.75. The molecule has 17 heavy (non-hydrogen) atoms. The zero-order valence-electron chi connectivity index (χ0n) is 9.11. The van der Waals surface area contributed by atoms with Crippen molar-refractivity contribution in [1.82, 2.24) is 14.9 Å². The molecular weight excluding hydrogens is 241 g/mol. The maximum absolute atomic E-state index is 13.0. The van der Waals surface area contributed by atoms with Crippen LogP contribution in [-0.2, 0) is 6.54 Å². The summed E-state index contributed by atoms with van der Waals surface area (Å²) >= 11 is 1.04. The number of aryl methyl sites for hydroxylation is 1. The van der Waals surface area contributed by atoms with Gasteiger partial charge in [0.2, 0.25) is 0 Å². The Morgan fingerprint density at radius 1 is 1.53 bits per heavy atom. The van der Waals surface area contributed by atoms with Crippen LogP contribution in [0, 0.1) is 12.7 Å². The van der Waals surface area contributed by atoms with E-state index in [9.17, 15) is 9.18 Å². The number of hydrogen-bond acceptors (Lipinski definition) is 4. The van der Waals surface area contributed by atoms with Crippen molar-refractivity contribution < 1.29 is 9.18 Å². The lowest BCUT2D eigenvalue weighted by Crippen LogP contribution is -2.21. The Balaban J connectivity index is 1.98. The molecule has 0 atom stereocenters. The summed E-state index contributed by atoms with van der Waals surface area (Å²) in [5.41, 5.74) is 1.42. The second-order valence-corrected chi connectivity index (χ2v) is 4.33. The van der Waals surface area contributed by atoms with Crippen molar-refractivity contribution in [2.24, 2.45) is 0 Å². The standard InChI is InChI=1S/C11H10FN3OS/c1-7-4-8(2-3-9(7)12)5-13-11(16)10-6-14-15-17-10/h2-4,6H,5H2,1H3,(H,13,16). The molecule has 6 heteroatoms. The van der Waals surface area contributed by atoms with Crippen LogP contribution in [0.15, 0.2) is 24.4 Å². The molecule has 0 aliphatic carbocycles. The van der Waals surface area contributed by atoms with E-state index in [4.69, 9.17) is 0 Å². The molecule has 1 N–H and O–H groups in total. The van der Waals surface area contributed by atoms with Crippen LogP contribution in [0.5, 0.6) is 0 Å². The van der Waals surface area contributed by atoms with Crippen LogP contribution in [-0.4, -0.2) is 15.5 Å². The van der Waals surface area contributed by atoms with Crippen LogP contribution in [0.2, 0.25) is 0 Å². The quantitative estimate of drug-likeness (QED) is 0.906. The maximum Gasteiger partial charge on any atom is 0.264 e. The van der Waals surface area contributed by atoms with Crippen LogP contribution >= 0.6 is 11.5 Å². The number of nitrogens with one attached hydrogen (secondary N) is 1. The highest BCUT2D eigenvalue weighted by atomic mass is 32.1. The first kappa shape index (κ1) is 11.7. The van der Waals surface area contributed by atoms with Gasteiger partial charge in [0.15, 0.2) is 0 Å². The Kier molecular flexibility index (Phi) is 3.43. The fourth-order valence-corrected chi connectivity index (χ4v) is 1.79. The van der Waals surface area contributed by atoms with E-state index in [2.05, 4.69) is 14.9 Å². The van der Waals surface area contributed by atoms with E-state index >= 15 is 0 Å². The van der Waals surface area contributed by atoms with E-state index in [1.165, 1.54) is 12.3 Å². The van der Waals surface area contributed by atoms with Gasteiger partial charge in [-0.2, -0.15) is 0 Å². The summed E-state index contributed by atoms with van der Waals surface area (Å²) in [6.45, 7) is 2.05. The van der Waals surface area contributed by atoms with Gasteiger partial charge in [0.05, 0.1) is 6.20 Å². The average molecular weight is 251 g/mol. The summed E-state index contributed by atoms with van der Waals surface area (Å²) in [6, 6.07) is 4.75. The van der Waals surface area contributed by atoms with Crippen LogP contribution in [0.1, 0.15) is 20.8 Å². The molecule has 2 rings (SSSR count). The summed E-state index contributed by atoms with van der Waals surface area (Å²) < 4.78 is 16.6. The van der Waals surface area contributed by atoms with Crippen LogP contribution in [0.25, 0.3) is 0 Å². The van der Waals surface area contributed by atoms with E-state index in [0.29, 0.717) is 17.0 Å². The summed E-state index contributed by atoms with van der Waals surface area (Å²) in [6.07, 6.45) is 1.41. The molecule has 0 bridgehead atoms. The minimum atomic E-state index is -0.244. The monoisotopic (exact) mass is 251 g/mol. The van der Waals surface area contributed by atoms with Crippen molar-refractivity contribution in [3.05, 3.63) is 46.2 Å². The smallest absolute Gasteiger partial charge is 0.264 e. The van der Waals surface area contributed by atoms with Gasteiger partial charge in [-0.3, -0.25) is 4.79 Å². The van der Waals surface area contributed by atoms with Crippen LogP contribution < -0.4 is 5.32 Å². The third-order valence-corrected chi connectivity index (χ3v) is 2.92. The van der Waals surface area contributed by atoms with Gasteiger partial charge in [-0.15, -0.1) is 5.10 Å². The van der Waals surface area contributed by atoms with Gasteiger partial charge >= 0.3 is 0 Å². The number of nitrogens with zero attached hydrogens (tertiary/aromatic N) is 2. The van der Waals surface area contributed by atoms with E-state index in [1.54, 1.807) is 19.1 Å². The lowest BCUT2D eigenvalue weighted by Gasteiger charge is -2.04. The van der Waals surface area contributed by atoms with E-state index in [-0.39, 0.29) is 11.7 Å². The second kappa shape index (κ2) is 5.01. The first-order valence-electron chi connectivity index (χ1n) is 4.97. The predicted octanol–water partition coefficient (Wildman–Crippen LogP) is 1.92. The Hall–Kier alpha value is -1.82. The van der Waals surface area contributed by atoms with Crippen LogP contribution in [0.3, 0.4) is 0 Å². The zero-order valence-corrected chi connectivity index (χ0v) is 9.92. The van der Waals surface area contributed by atoms with Crippen molar-refractivity contribution in [1.29, 1.82) is 0 Å². The SMILES string of the molecule is Cc1cc(CNC(=O)c2cnns2)ccc1F. The third-order valence-electron chi connectivity index (χ3n) is 2.26. The van der Waals surface area contributed by atoms with Gasteiger partial charge in [-0.1, -0.05) is 16.6 Å². The van der Waals surface area contributed by atoms with Crippen molar-refractivity contribution in [3.63, 3.8) is 0 Å². The second-order valence-electron chi connectivity index (χ2n) is 3.55. The van der Waals surface area contributed by atoms with Gasteiger partial charge in [-0.05, 0) is 35.6 Å². The van der Waals surface area contributed by atoms with Crippen molar-refractivity contribution in [2.75, 3.05) is 0 Å². The molecule has 0 unspecified atom stereocenters. The Labute approximate surface area is 102 Å². The Bertz CT molecular complexity index is 528. The largest absolute Gasteiger partial charge is 0.347 e. The minimum Gasteiger partial charge on any atom is -0.347 e. The third kappa shape index (κ3) is 2.85. The van der Waals surface area contributed by atoms with Crippen molar-refractivity contribution in [2.45, 2.75) is 13.5 Å². The van der Waals surface area contributed by atoms with Crippen LogP contribution in [0.4, 0.5) is 4.39 Å². The molecular formula is C11H10FN3OS. The number of hydrogen-bond donors (Lipinski definition) is 1. The number of aromatic nitrogens is 2. The molecule has 0 fully saturated rings. The van der Waals surface area contributed by atoms with Crippen molar-refractivity contribution >= 4 is 17.4 Å². The molecule has 4 nitrogen and oxygen atoms in total. The zero-order chi connectivity index (χ0) is 12.3.